The molecule has 0 spiro atoms. The summed E-state index contributed by atoms with van der Waals surface area (Å²) in [5, 5.41) is 0. The van der Waals surface area contributed by atoms with E-state index in [4.69, 9.17) is 9.47 Å². The average molecular weight is 144 g/mol. The van der Waals surface area contributed by atoms with Gasteiger partial charge in [0.15, 0.2) is 6.29 Å². The van der Waals surface area contributed by atoms with E-state index >= 15 is 0 Å². The first-order chi connectivity index (χ1) is 4.66. The lowest BCUT2D eigenvalue weighted by Gasteiger charge is -2.32. The molecule has 1 rings (SSSR count). The van der Waals surface area contributed by atoms with E-state index < -0.39 is 5.79 Å². The summed E-state index contributed by atoms with van der Waals surface area (Å²) in [6.45, 7) is 4.18. The maximum Gasteiger partial charge on any atom is 0.223 e. The Kier molecular flexibility index (Phi) is 2.06. The molecular weight excluding hydrogens is 132 g/mol. The van der Waals surface area contributed by atoms with Gasteiger partial charge in [-0.2, -0.15) is 0 Å². The minimum absolute atomic E-state index is 0.129. The average Bonchev–Trinajstić information content (AvgIpc) is 1.88. The van der Waals surface area contributed by atoms with Gasteiger partial charge in [-0.25, -0.2) is 0 Å². The van der Waals surface area contributed by atoms with Crippen molar-refractivity contribution in [2.75, 3.05) is 6.61 Å². The number of rotatable bonds is 1. The van der Waals surface area contributed by atoms with Crippen molar-refractivity contribution in [1.82, 2.24) is 0 Å². The van der Waals surface area contributed by atoms with Crippen LogP contribution in [0.5, 0.6) is 0 Å². The zero-order valence-electron chi connectivity index (χ0n) is 6.29. The Labute approximate surface area is 60.3 Å². The van der Waals surface area contributed by atoms with Crippen LogP contribution in [0.2, 0.25) is 0 Å². The smallest absolute Gasteiger partial charge is 0.223 e. The van der Waals surface area contributed by atoms with Gasteiger partial charge in [0.2, 0.25) is 5.79 Å². The third-order valence-corrected chi connectivity index (χ3v) is 1.56. The zero-order chi connectivity index (χ0) is 7.61. The molecule has 1 aliphatic rings. The third kappa shape index (κ3) is 1.55. The number of carbonyl (C=O) groups excluding carboxylic acids is 1. The first kappa shape index (κ1) is 7.69. The van der Waals surface area contributed by atoms with Crippen molar-refractivity contribution in [3.63, 3.8) is 0 Å². The van der Waals surface area contributed by atoms with Crippen molar-refractivity contribution in [1.29, 1.82) is 0 Å². The fourth-order valence-electron chi connectivity index (χ4n) is 0.982. The molecule has 0 aromatic heterocycles. The van der Waals surface area contributed by atoms with Crippen LogP contribution in [0.3, 0.4) is 0 Å². The lowest BCUT2D eigenvalue weighted by Crippen LogP contribution is -2.42. The van der Waals surface area contributed by atoms with Gasteiger partial charge in [0.05, 0.1) is 12.7 Å². The Morgan fingerprint density at radius 1 is 1.70 bits per heavy atom. The van der Waals surface area contributed by atoms with Gasteiger partial charge in [0.25, 0.3) is 0 Å². The second kappa shape index (κ2) is 2.68. The largest absolute Gasteiger partial charge is 0.344 e. The highest BCUT2D eigenvalue weighted by Gasteiger charge is 2.31. The van der Waals surface area contributed by atoms with Crippen molar-refractivity contribution < 1.29 is 14.3 Å². The topological polar surface area (TPSA) is 35.5 Å². The number of aldehydes is 1. The van der Waals surface area contributed by atoms with Crippen LogP contribution >= 0.6 is 0 Å². The minimum atomic E-state index is -0.988. The van der Waals surface area contributed by atoms with Gasteiger partial charge >= 0.3 is 0 Å². The molecule has 1 heterocycles. The molecule has 0 unspecified atom stereocenters. The number of hydrogen-bond acceptors (Lipinski definition) is 3. The molecule has 0 N–H and O–H groups in total. The van der Waals surface area contributed by atoms with Crippen LogP contribution in [-0.4, -0.2) is 24.8 Å². The first-order valence-electron chi connectivity index (χ1n) is 3.44. The summed E-state index contributed by atoms with van der Waals surface area (Å²) in [6, 6.07) is 0. The molecule has 1 fully saturated rings. The highest BCUT2D eigenvalue weighted by Crippen LogP contribution is 2.19. The molecule has 1 aliphatic heterocycles. The Morgan fingerprint density at radius 2 is 2.40 bits per heavy atom. The van der Waals surface area contributed by atoms with Crippen LogP contribution in [0.1, 0.15) is 20.3 Å². The lowest BCUT2D eigenvalue weighted by atomic mass is 10.2. The minimum Gasteiger partial charge on any atom is -0.344 e. The van der Waals surface area contributed by atoms with E-state index in [1.165, 1.54) is 0 Å². The predicted molar refractivity (Wildman–Crippen MR) is 35.6 cm³/mol. The summed E-state index contributed by atoms with van der Waals surface area (Å²) in [5.74, 6) is -0.988. The maximum absolute atomic E-state index is 10.4. The molecule has 1 saturated heterocycles. The van der Waals surface area contributed by atoms with E-state index in [1.807, 2.05) is 6.92 Å². The van der Waals surface area contributed by atoms with Crippen LogP contribution in [0.4, 0.5) is 0 Å². The predicted octanol–water partition coefficient (Wildman–Crippen LogP) is 0.727. The molecule has 0 aliphatic carbocycles. The van der Waals surface area contributed by atoms with Crippen LogP contribution in [0.25, 0.3) is 0 Å². The molecule has 0 aromatic carbocycles. The fourth-order valence-corrected chi connectivity index (χ4v) is 0.982. The normalized spacial score (nSPS) is 41.2. The van der Waals surface area contributed by atoms with E-state index in [0.29, 0.717) is 12.9 Å². The van der Waals surface area contributed by atoms with Crippen molar-refractivity contribution in [2.45, 2.75) is 32.2 Å². The molecule has 0 bridgehead atoms. The van der Waals surface area contributed by atoms with Gasteiger partial charge < -0.3 is 9.47 Å². The second-order valence-electron chi connectivity index (χ2n) is 2.70. The van der Waals surface area contributed by atoms with Crippen molar-refractivity contribution >= 4 is 6.29 Å². The second-order valence-corrected chi connectivity index (χ2v) is 2.70. The van der Waals surface area contributed by atoms with Gasteiger partial charge in [-0.15, -0.1) is 0 Å². The molecule has 3 heteroatoms. The SMILES string of the molecule is C[C@@H]1CCO[C@](C)(C=O)O1. The van der Waals surface area contributed by atoms with Gasteiger partial charge in [-0.1, -0.05) is 0 Å². The Balaban J connectivity index is 2.53. The van der Waals surface area contributed by atoms with E-state index in [1.54, 1.807) is 6.92 Å². The van der Waals surface area contributed by atoms with Crippen molar-refractivity contribution in [2.24, 2.45) is 0 Å². The van der Waals surface area contributed by atoms with E-state index in [9.17, 15) is 4.79 Å². The van der Waals surface area contributed by atoms with Crippen LogP contribution < -0.4 is 0 Å². The summed E-state index contributed by atoms with van der Waals surface area (Å²) in [5.41, 5.74) is 0. The van der Waals surface area contributed by atoms with E-state index in [2.05, 4.69) is 0 Å². The summed E-state index contributed by atoms with van der Waals surface area (Å²) in [6.07, 6.45) is 1.69. The van der Waals surface area contributed by atoms with Crippen molar-refractivity contribution in [3.05, 3.63) is 0 Å². The fraction of sp³-hybridized carbons (Fsp3) is 0.857. The highest BCUT2D eigenvalue weighted by atomic mass is 16.7. The molecular formula is C7H12O3. The molecule has 0 aromatic rings. The Morgan fingerprint density at radius 3 is 2.80 bits per heavy atom. The molecule has 10 heavy (non-hydrogen) atoms. The monoisotopic (exact) mass is 144 g/mol. The van der Waals surface area contributed by atoms with Crippen molar-refractivity contribution in [3.8, 4) is 0 Å². The number of hydrogen-bond donors (Lipinski definition) is 0. The third-order valence-electron chi connectivity index (χ3n) is 1.56. The quantitative estimate of drug-likeness (QED) is 0.509. The van der Waals surface area contributed by atoms with Gasteiger partial charge in [0.1, 0.15) is 0 Å². The molecule has 2 atom stereocenters. The van der Waals surface area contributed by atoms with Crippen LogP contribution in [0, 0.1) is 0 Å². The molecule has 0 radical (unpaired) electrons. The van der Waals surface area contributed by atoms with Crippen LogP contribution in [0.15, 0.2) is 0 Å². The first-order valence-corrected chi connectivity index (χ1v) is 3.44. The Bertz CT molecular complexity index is 135. The van der Waals surface area contributed by atoms with E-state index in [0.717, 1.165) is 6.42 Å². The zero-order valence-corrected chi connectivity index (χ0v) is 6.29. The summed E-state index contributed by atoms with van der Waals surface area (Å²) in [7, 11) is 0. The van der Waals surface area contributed by atoms with Crippen LogP contribution in [-0.2, 0) is 14.3 Å². The van der Waals surface area contributed by atoms with Gasteiger partial charge in [-0.3, -0.25) is 4.79 Å². The summed E-state index contributed by atoms with van der Waals surface area (Å²) < 4.78 is 10.3. The standard InChI is InChI=1S/C7H12O3/c1-6-3-4-9-7(2,5-8)10-6/h5-6H,3-4H2,1-2H3/t6-,7+/m1/s1. The summed E-state index contributed by atoms with van der Waals surface area (Å²) >= 11 is 0. The highest BCUT2D eigenvalue weighted by molar-refractivity contribution is 5.59. The molecule has 0 amide bonds. The number of carbonyl (C=O) groups is 1. The van der Waals surface area contributed by atoms with E-state index in [-0.39, 0.29) is 6.10 Å². The number of ether oxygens (including phenoxy) is 2. The molecule has 58 valence electrons. The summed E-state index contributed by atoms with van der Waals surface area (Å²) in [4.78, 5) is 10.4. The van der Waals surface area contributed by atoms with Gasteiger partial charge in [-0.05, 0) is 20.3 Å². The molecule has 3 nitrogen and oxygen atoms in total. The molecule has 0 saturated carbocycles. The lowest BCUT2D eigenvalue weighted by molar-refractivity contribution is -0.256. The Hall–Kier alpha value is -0.410. The van der Waals surface area contributed by atoms with Gasteiger partial charge in [0, 0.05) is 0 Å². The maximum atomic E-state index is 10.4.